The second kappa shape index (κ2) is 17.5. The van der Waals surface area contributed by atoms with E-state index in [4.69, 9.17) is 14.2 Å². The smallest absolute Gasteiger partial charge is 0.251 e. The van der Waals surface area contributed by atoms with Crippen molar-refractivity contribution >= 4 is 23.8 Å². The molecule has 0 aliphatic carbocycles. The van der Waals surface area contributed by atoms with Crippen LogP contribution in [0.5, 0.6) is 5.75 Å². The van der Waals surface area contributed by atoms with Crippen molar-refractivity contribution in [3.63, 3.8) is 0 Å². The van der Waals surface area contributed by atoms with E-state index in [0.717, 1.165) is 30.7 Å². The summed E-state index contributed by atoms with van der Waals surface area (Å²) in [6.07, 6.45) is 2.10. The van der Waals surface area contributed by atoms with Gasteiger partial charge in [-0.15, -0.1) is 0 Å². The minimum Gasteiger partial charge on any atom is -0.497 e. The van der Waals surface area contributed by atoms with Gasteiger partial charge in [-0.2, -0.15) is 15.0 Å². The molecule has 11 nitrogen and oxygen atoms in total. The molecule has 0 unspecified atom stereocenters. The highest BCUT2D eigenvalue weighted by Gasteiger charge is 2.07. The summed E-state index contributed by atoms with van der Waals surface area (Å²) in [4.78, 5) is 25.4. The normalized spacial score (nSPS) is 10.6. The summed E-state index contributed by atoms with van der Waals surface area (Å²) in [6.45, 7) is 6.25. The molecule has 2 aromatic carbocycles. The van der Waals surface area contributed by atoms with E-state index >= 15 is 0 Å². The molecule has 0 aliphatic heterocycles. The number of hydrogen-bond acceptors (Lipinski definition) is 10. The molecule has 0 radical (unpaired) electrons. The van der Waals surface area contributed by atoms with Gasteiger partial charge in [-0.3, -0.25) is 4.79 Å². The maximum absolute atomic E-state index is 12.0. The first-order chi connectivity index (χ1) is 19.2. The third-order valence-electron chi connectivity index (χ3n) is 5.53. The molecule has 39 heavy (non-hydrogen) atoms. The first kappa shape index (κ1) is 29.6. The first-order valence-corrected chi connectivity index (χ1v) is 13.3. The number of aromatic nitrogens is 3. The number of anilines is 3. The summed E-state index contributed by atoms with van der Waals surface area (Å²) >= 11 is 0. The fourth-order valence-corrected chi connectivity index (χ4v) is 3.40. The monoisotopic (exact) mass is 537 g/mol. The lowest BCUT2D eigenvalue weighted by Gasteiger charge is -2.12. The number of unbranched alkanes of at least 4 members (excludes halogenated alkanes) is 1. The molecule has 0 saturated heterocycles. The van der Waals surface area contributed by atoms with Crippen LogP contribution < -0.4 is 26.0 Å². The van der Waals surface area contributed by atoms with Crippen LogP contribution in [0.2, 0.25) is 0 Å². The fraction of sp³-hybridized carbons (Fsp3) is 0.429. The zero-order valence-electron chi connectivity index (χ0n) is 22.7. The van der Waals surface area contributed by atoms with Gasteiger partial charge in [0.05, 0.1) is 33.5 Å². The number of rotatable bonds is 19. The van der Waals surface area contributed by atoms with Gasteiger partial charge in [0.2, 0.25) is 17.8 Å². The number of amides is 1. The van der Waals surface area contributed by atoms with Crippen LogP contribution >= 0.6 is 0 Å². The second-order valence-corrected chi connectivity index (χ2v) is 8.56. The number of ether oxygens (including phenoxy) is 3. The number of carbonyl (C=O) groups excluding carboxylic acids is 1. The number of nitrogens with zero attached hydrogens (tertiary/aromatic N) is 3. The molecule has 0 aliphatic rings. The van der Waals surface area contributed by atoms with Gasteiger partial charge < -0.3 is 35.5 Å². The van der Waals surface area contributed by atoms with Crippen molar-refractivity contribution in [3.8, 4) is 5.75 Å². The first-order valence-electron chi connectivity index (χ1n) is 13.3. The minimum atomic E-state index is -0.109. The predicted octanol–water partition coefficient (Wildman–Crippen LogP) is 3.58. The second-order valence-electron chi connectivity index (χ2n) is 8.56. The van der Waals surface area contributed by atoms with Crippen LogP contribution in [0.1, 0.15) is 35.7 Å². The highest BCUT2D eigenvalue weighted by molar-refractivity contribution is 5.94. The van der Waals surface area contributed by atoms with Crippen LogP contribution in [0.25, 0.3) is 0 Å². The average molecular weight is 538 g/mol. The number of carbonyl (C=O) groups is 1. The maximum atomic E-state index is 12.0. The summed E-state index contributed by atoms with van der Waals surface area (Å²) in [5.74, 6) is 2.18. The Morgan fingerprint density at radius 2 is 1.36 bits per heavy atom. The lowest BCUT2D eigenvalue weighted by Crippen LogP contribution is -2.27. The molecule has 0 spiro atoms. The summed E-state index contributed by atoms with van der Waals surface area (Å²) in [7, 11) is 1.65. The molecule has 210 valence electrons. The Morgan fingerprint density at radius 3 is 2.00 bits per heavy atom. The zero-order valence-corrected chi connectivity index (χ0v) is 22.7. The molecule has 3 aromatic rings. The highest BCUT2D eigenvalue weighted by Crippen LogP contribution is 2.14. The third-order valence-corrected chi connectivity index (χ3v) is 5.53. The third kappa shape index (κ3) is 11.5. The highest BCUT2D eigenvalue weighted by atomic mass is 16.5. The topological polar surface area (TPSA) is 132 Å². The largest absolute Gasteiger partial charge is 0.497 e. The fourth-order valence-electron chi connectivity index (χ4n) is 3.40. The number of nitrogens with one attached hydrogen (secondary N) is 4. The number of hydrogen-bond donors (Lipinski definition) is 4. The summed E-state index contributed by atoms with van der Waals surface area (Å²) in [6, 6.07) is 16.9. The quantitative estimate of drug-likeness (QED) is 0.168. The van der Waals surface area contributed by atoms with Gasteiger partial charge in [-0.25, -0.2) is 0 Å². The van der Waals surface area contributed by atoms with Crippen molar-refractivity contribution in [3.05, 3.63) is 65.7 Å². The number of methoxy groups -OCH3 is 1. The molecule has 1 amide bonds. The Bertz CT molecular complexity index is 1100. The van der Waals surface area contributed by atoms with E-state index in [2.05, 4.69) is 43.1 Å². The molecule has 4 N–H and O–H groups in total. The predicted molar refractivity (Wildman–Crippen MR) is 152 cm³/mol. The molecule has 1 aromatic heterocycles. The van der Waals surface area contributed by atoms with Crippen LogP contribution in [0.4, 0.5) is 17.8 Å². The van der Waals surface area contributed by atoms with Gasteiger partial charge in [-0.1, -0.05) is 43.7 Å². The van der Waals surface area contributed by atoms with Gasteiger partial charge in [0.15, 0.2) is 0 Å². The molecular formula is C28H39N7O4. The van der Waals surface area contributed by atoms with E-state index < -0.39 is 0 Å². The van der Waals surface area contributed by atoms with Crippen LogP contribution in [0, 0.1) is 0 Å². The van der Waals surface area contributed by atoms with Crippen molar-refractivity contribution in [2.24, 2.45) is 0 Å². The van der Waals surface area contributed by atoms with Crippen LogP contribution in [0.3, 0.4) is 0 Å². The summed E-state index contributed by atoms with van der Waals surface area (Å²) < 4.78 is 16.4. The Hall–Kier alpha value is -3.96. The van der Waals surface area contributed by atoms with E-state index in [1.165, 1.54) is 0 Å². The average Bonchev–Trinajstić information content (AvgIpc) is 2.97. The Kier molecular flexibility index (Phi) is 13.3. The standard InChI is InChI=1S/C28H39N7O4/c1-3-4-14-30-26-33-27(35-28(34-26)32-21-22-10-12-24(37-2)13-11-22)31-16-18-39-20-19-38-17-15-29-25(36)23-8-6-5-7-9-23/h5-13H,3-4,14-21H2,1-2H3,(H,29,36)(H3,30,31,32,33,34,35). The Morgan fingerprint density at radius 1 is 0.744 bits per heavy atom. The number of benzene rings is 2. The molecule has 1 heterocycles. The van der Waals surface area contributed by atoms with E-state index in [0.29, 0.717) is 69.5 Å². The van der Waals surface area contributed by atoms with Crippen molar-refractivity contribution < 1.29 is 19.0 Å². The van der Waals surface area contributed by atoms with Crippen molar-refractivity contribution in [2.75, 3.05) is 69.1 Å². The van der Waals surface area contributed by atoms with Gasteiger partial charge in [0.25, 0.3) is 5.91 Å². The summed E-state index contributed by atoms with van der Waals surface area (Å²) in [5, 5.41) is 12.5. The Balaban J connectivity index is 1.34. The van der Waals surface area contributed by atoms with Gasteiger partial charge in [-0.05, 0) is 36.2 Å². The van der Waals surface area contributed by atoms with Crippen molar-refractivity contribution in [2.45, 2.75) is 26.3 Å². The molecule has 3 rings (SSSR count). The molecule has 11 heteroatoms. The SMILES string of the molecule is CCCCNc1nc(NCCOCCOCCNC(=O)c2ccccc2)nc(NCc2ccc(OC)cc2)n1. The van der Waals surface area contributed by atoms with Crippen LogP contribution in [0.15, 0.2) is 54.6 Å². The zero-order chi connectivity index (χ0) is 27.5. The van der Waals surface area contributed by atoms with E-state index in [1.54, 1.807) is 19.2 Å². The Labute approximate surface area is 230 Å². The van der Waals surface area contributed by atoms with E-state index in [9.17, 15) is 4.79 Å². The van der Waals surface area contributed by atoms with Crippen LogP contribution in [-0.2, 0) is 16.0 Å². The molecular weight excluding hydrogens is 498 g/mol. The lowest BCUT2D eigenvalue weighted by atomic mass is 10.2. The van der Waals surface area contributed by atoms with Crippen molar-refractivity contribution in [1.29, 1.82) is 0 Å². The van der Waals surface area contributed by atoms with Gasteiger partial charge in [0.1, 0.15) is 5.75 Å². The van der Waals surface area contributed by atoms with Gasteiger partial charge in [0, 0.05) is 31.7 Å². The van der Waals surface area contributed by atoms with Crippen LogP contribution in [-0.4, -0.2) is 74.0 Å². The molecule has 0 saturated carbocycles. The molecule has 0 bridgehead atoms. The molecule has 0 atom stereocenters. The van der Waals surface area contributed by atoms with E-state index in [1.807, 2.05) is 42.5 Å². The minimum absolute atomic E-state index is 0.109. The molecule has 0 fully saturated rings. The van der Waals surface area contributed by atoms with E-state index in [-0.39, 0.29) is 5.91 Å². The lowest BCUT2D eigenvalue weighted by molar-refractivity contribution is 0.0519. The summed E-state index contributed by atoms with van der Waals surface area (Å²) in [5.41, 5.74) is 1.72. The van der Waals surface area contributed by atoms with Crippen molar-refractivity contribution in [1.82, 2.24) is 20.3 Å². The maximum Gasteiger partial charge on any atom is 0.251 e. The van der Waals surface area contributed by atoms with Gasteiger partial charge >= 0.3 is 0 Å².